The zero-order valence-corrected chi connectivity index (χ0v) is 17.1. The lowest BCUT2D eigenvalue weighted by Gasteiger charge is -2.25. The van der Waals surface area contributed by atoms with Gasteiger partial charge in [0.15, 0.2) is 11.6 Å². The molecule has 3 rings (SSSR count). The summed E-state index contributed by atoms with van der Waals surface area (Å²) in [6.07, 6.45) is -0.000189. The molecule has 0 fully saturated rings. The van der Waals surface area contributed by atoms with E-state index >= 15 is 0 Å². The highest BCUT2D eigenvalue weighted by molar-refractivity contribution is 7.86. The van der Waals surface area contributed by atoms with Gasteiger partial charge >= 0.3 is 0 Å². The Kier molecular flexibility index (Phi) is 5.20. The van der Waals surface area contributed by atoms with E-state index in [2.05, 4.69) is 5.32 Å². The molecule has 1 aliphatic carbocycles. The molecule has 0 spiro atoms. The molecule has 0 unspecified atom stereocenters. The molecule has 30 heavy (non-hydrogen) atoms. The average Bonchev–Trinajstić information content (AvgIpc) is 2.62. The summed E-state index contributed by atoms with van der Waals surface area (Å²) in [5.74, 6) is -1.67. The zero-order chi connectivity index (χ0) is 22.6. The number of benzene rings is 2. The lowest BCUT2D eigenvalue weighted by atomic mass is 9.79. The van der Waals surface area contributed by atoms with Crippen LogP contribution in [0.5, 0.6) is 0 Å². The van der Waals surface area contributed by atoms with Crippen LogP contribution in [0.4, 0.5) is 11.4 Å². The second-order valence-electron chi connectivity index (χ2n) is 6.55. The molecule has 0 amide bonds. The summed E-state index contributed by atoms with van der Waals surface area (Å²) in [4.78, 5) is 24.8. The normalized spacial score (nSPS) is 13.8. The Morgan fingerprint density at radius 2 is 1.50 bits per heavy atom. The highest BCUT2D eigenvalue weighted by Gasteiger charge is 2.38. The second kappa shape index (κ2) is 7.14. The molecule has 7 N–H and O–H groups in total. The number of anilines is 2. The molecule has 0 atom stereocenters. The van der Waals surface area contributed by atoms with Crippen LogP contribution in [0.15, 0.2) is 28.0 Å². The number of rotatable bonds is 5. The molecule has 11 nitrogen and oxygen atoms in total. The van der Waals surface area contributed by atoms with Gasteiger partial charge in [-0.1, -0.05) is 0 Å². The molecule has 160 valence electrons. The van der Waals surface area contributed by atoms with Crippen LogP contribution < -0.4 is 16.8 Å². The van der Waals surface area contributed by atoms with Gasteiger partial charge in [0, 0.05) is 16.7 Å². The van der Waals surface area contributed by atoms with Gasteiger partial charge in [0.1, 0.15) is 4.90 Å². The van der Waals surface area contributed by atoms with Gasteiger partial charge in [-0.05, 0) is 43.8 Å². The number of hydrogen-bond acceptors (Lipinski definition) is 9. The van der Waals surface area contributed by atoms with Crippen molar-refractivity contribution in [1.82, 2.24) is 5.32 Å². The maximum Gasteiger partial charge on any atom is 0.298 e. The lowest BCUT2D eigenvalue weighted by Crippen LogP contribution is -2.28. The van der Waals surface area contributed by atoms with Crippen molar-refractivity contribution in [3.8, 4) is 0 Å². The fraction of sp³-hybridized carbons (Fsp3) is 0.176. The van der Waals surface area contributed by atoms with Crippen LogP contribution in [0.3, 0.4) is 0 Å². The van der Waals surface area contributed by atoms with Gasteiger partial charge < -0.3 is 16.8 Å². The van der Waals surface area contributed by atoms with E-state index in [4.69, 9.17) is 11.5 Å². The van der Waals surface area contributed by atoms with Crippen molar-refractivity contribution in [1.29, 1.82) is 0 Å². The Labute approximate surface area is 171 Å². The van der Waals surface area contributed by atoms with Crippen molar-refractivity contribution in [2.75, 3.05) is 25.1 Å². The molecule has 0 aliphatic heterocycles. The van der Waals surface area contributed by atoms with Crippen LogP contribution in [0.1, 0.15) is 37.4 Å². The monoisotopic (exact) mass is 455 g/mol. The molecule has 0 heterocycles. The van der Waals surface area contributed by atoms with E-state index in [0.717, 1.165) is 18.2 Å². The van der Waals surface area contributed by atoms with Crippen LogP contribution in [0.25, 0.3) is 0 Å². The van der Waals surface area contributed by atoms with Crippen molar-refractivity contribution in [3.63, 3.8) is 0 Å². The topological polar surface area (TPSA) is 207 Å². The van der Waals surface area contributed by atoms with Crippen molar-refractivity contribution in [3.05, 3.63) is 46.0 Å². The Hall–Kier alpha value is -2.84. The van der Waals surface area contributed by atoms with Gasteiger partial charge in [0.25, 0.3) is 20.2 Å². The van der Waals surface area contributed by atoms with Crippen LogP contribution in [-0.4, -0.2) is 51.1 Å². The number of nitrogens with one attached hydrogen (secondary N) is 1. The number of hydrogen-bond donors (Lipinski definition) is 5. The maximum absolute atomic E-state index is 13.2. The SMILES string of the molecule is CNCCc1c(N)c(S(=O)(=O)O)c(N)c2c1C(=O)c1cc(S(=O)(=O)O)ccc1C2=O. The molecule has 0 aromatic heterocycles. The fourth-order valence-electron chi connectivity index (χ4n) is 3.43. The molecule has 2 aromatic carbocycles. The minimum atomic E-state index is -4.94. The van der Waals surface area contributed by atoms with Gasteiger partial charge in [-0.15, -0.1) is 0 Å². The molecule has 1 aliphatic rings. The summed E-state index contributed by atoms with van der Waals surface area (Å²) in [6.45, 7) is 0.227. The van der Waals surface area contributed by atoms with Gasteiger partial charge in [-0.3, -0.25) is 18.7 Å². The first kappa shape index (κ1) is 21.9. The minimum Gasteiger partial charge on any atom is -0.397 e. The maximum atomic E-state index is 13.2. The van der Waals surface area contributed by atoms with E-state index in [1.54, 1.807) is 7.05 Å². The quantitative estimate of drug-likeness (QED) is 0.253. The van der Waals surface area contributed by atoms with Gasteiger partial charge in [0.2, 0.25) is 0 Å². The predicted molar refractivity (Wildman–Crippen MR) is 106 cm³/mol. The summed E-state index contributed by atoms with van der Waals surface area (Å²) in [5.41, 5.74) is 9.29. The first-order chi connectivity index (χ1) is 13.8. The van der Waals surface area contributed by atoms with Gasteiger partial charge in [-0.25, -0.2) is 0 Å². The van der Waals surface area contributed by atoms with E-state index in [-0.39, 0.29) is 35.2 Å². The third-order valence-electron chi connectivity index (χ3n) is 4.75. The van der Waals surface area contributed by atoms with Gasteiger partial charge in [0.05, 0.1) is 21.8 Å². The second-order valence-corrected chi connectivity index (χ2v) is 9.33. The van der Waals surface area contributed by atoms with E-state index in [0.29, 0.717) is 0 Å². The molecule has 0 bridgehead atoms. The number of nitrogen functional groups attached to an aromatic ring is 2. The predicted octanol–water partition coefficient (Wildman–Crippen LogP) is -0.118. The van der Waals surface area contributed by atoms with Crippen molar-refractivity contribution < 1.29 is 35.5 Å². The highest BCUT2D eigenvalue weighted by Crippen LogP contribution is 2.41. The zero-order valence-electron chi connectivity index (χ0n) is 15.5. The van der Waals surface area contributed by atoms with E-state index < -0.39 is 58.5 Å². The summed E-state index contributed by atoms with van der Waals surface area (Å²) >= 11 is 0. The van der Waals surface area contributed by atoms with E-state index in [1.165, 1.54) is 0 Å². The number of likely N-dealkylation sites (N-methyl/N-ethyl adjacent to an activating group) is 1. The third-order valence-corrected chi connectivity index (χ3v) is 6.56. The highest BCUT2D eigenvalue weighted by atomic mass is 32.2. The molecule has 0 saturated carbocycles. The summed E-state index contributed by atoms with van der Waals surface area (Å²) in [7, 11) is -8.00. The van der Waals surface area contributed by atoms with Crippen LogP contribution in [-0.2, 0) is 26.7 Å². The van der Waals surface area contributed by atoms with Crippen molar-refractivity contribution in [2.45, 2.75) is 16.2 Å². The van der Waals surface area contributed by atoms with Crippen LogP contribution >= 0.6 is 0 Å². The van der Waals surface area contributed by atoms with Crippen molar-refractivity contribution >= 4 is 43.2 Å². The first-order valence-electron chi connectivity index (χ1n) is 8.37. The van der Waals surface area contributed by atoms with Gasteiger partial charge in [-0.2, -0.15) is 16.8 Å². The lowest BCUT2D eigenvalue weighted by molar-refractivity contribution is 0.0978. The largest absolute Gasteiger partial charge is 0.397 e. The minimum absolute atomic E-state index is 0.000189. The Bertz CT molecular complexity index is 1330. The first-order valence-corrected chi connectivity index (χ1v) is 11.3. The number of ketones is 2. The van der Waals surface area contributed by atoms with E-state index in [9.17, 15) is 35.5 Å². The molecular formula is C17H17N3O8S2. The average molecular weight is 455 g/mol. The molecule has 0 radical (unpaired) electrons. The Morgan fingerprint density at radius 3 is 2.03 bits per heavy atom. The smallest absolute Gasteiger partial charge is 0.298 e. The molecule has 13 heteroatoms. The van der Waals surface area contributed by atoms with E-state index in [1.807, 2.05) is 0 Å². The van der Waals surface area contributed by atoms with Crippen molar-refractivity contribution in [2.24, 2.45) is 0 Å². The number of fused-ring (bicyclic) bond motifs is 2. The number of nitrogens with two attached hydrogens (primary N) is 2. The summed E-state index contributed by atoms with van der Waals surface area (Å²) in [6, 6.07) is 2.78. The third kappa shape index (κ3) is 3.36. The summed E-state index contributed by atoms with van der Waals surface area (Å²) in [5, 5.41) is 2.79. The molecule has 0 saturated heterocycles. The van der Waals surface area contributed by atoms with Crippen LogP contribution in [0, 0.1) is 0 Å². The van der Waals surface area contributed by atoms with Crippen LogP contribution in [0.2, 0.25) is 0 Å². The number of carbonyl (C=O) groups excluding carboxylic acids is 2. The standard InChI is InChI=1S/C17H17N3O8S2/c1-20-5-4-9-11-12(14(19)17(13(9)18)30(26,27)28)15(21)8-3-2-7(29(23,24)25)6-10(8)16(11)22/h2-3,6,20H,4-5,18-19H2,1H3,(H,23,24,25)(H,26,27,28). The molecule has 2 aromatic rings. The Morgan fingerprint density at radius 1 is 0.900 bits per heavy atom. The fourth-order valence-corrected chi connectivity index (χ4v) is 4.72. The summed E-state index contributed by atoms with van der Waals surface area (Å²) < 4.78 is 65.4. The molecular weight excluding hydrogens is 438 g/mol. The Balaban J connectivity index is 2.44. The number of carbonyl (C=O) groups is 2.